The van der Waals surface area contributed by atoms with Gasteiger partial charge in [-0.25, -0.2) is 4.98 Å². The fraction of sp³-hybridized carbons (Fsp3) is 0.688. The molecule has 7 heteroatoms. The van der Waals surface area contributed by atoms with Gasteiger partial charge in [-0.05, 0) is 0 Å². The first-order valence-corrected chi connectivity index (χ1v) is 8.33. The van der Waals surface area contributed by atoms with Gasteiger partial charge in [0.15, 0.2) is 0 Å². The summed E-state index contributed by atoms with van der Waals surface area (Å²) < 4.78 is 22.5. The van der Waals surface area contributed by atoms with E-state index in [0.717, 1.165) is 29.8 Å². The predicted octanol–water partition coefficient (Wildman–Crippen LogP) is 1.45. The van der Waals surface area contributed by atoms with E-state index in [1.165, 1.54) is 0 Å². The minimum absolute atomic E-state index is 0.375. The number of aromatic nitrogens is 1. The molecule has 0 bridgehead atoms. The molecular formula is C16H20ClNO5. The Labute approximate surface area is 139 Å². The highest BCUT2D eigenvalue weighted by molar-refractivity contribution is 6.29. The minimum atomic E-state index is -0.749. The Morgan fingerprint density at radius 3 is 2.83 bits per heavy atom. The van der Waals surface area contributed by atoms with E-state index in [-0.39, 0.29) is 0 Å². The lowest BCUT2D eigenvalue weighted by Gasteiger charge is -2.36. The SMILES string of the molecule is OC1(CCOc2cc(Cl)nc3c2CCOC32CCOC2)COC1. The van der Waals surface area contributed by atoms with Crippen LogP contribution in [0.25, 0.3) is 0 Å². The number of hydrogen-bond acceptors (Lipinski definition) is 6. The van der Waals surface area contributed by atoms with Crippen molar-refractivity contribution in [3.8, 4) is 5.75 Å². The Bertz CT molecular complexity index is 598. The predicted molar refractivity (Wildman–Crippen MR) is 81.9 cm³/mol. The molecule has 0 saturated carbocycles. The molecule has 3 aliphatic rings. The van der Waals surface area contributed by atoms with Crippen molar-refractivity contribution in [1.82, 2.24) is 4.98 Å². The van der Waals surface area contributed by atoms with E-state index in [1.807, 2.05) is 0 Å². The van der Waals surface area contributed by atoms with Crippen molar-refractivity contribution in [1.29, 1.82) is 0 Å². The second-order valence-corrected chi connectivity index (χ2v) is 6.87. The molecule has 1 N–H and O–H groups in total. The Kier molecular flexibility index (Phi) is 3.98. The largest absolute Gasteiger partial charge is 0.493 e. The van der Waals surface area contributed by atoms with E-state index >= 15 is 0 Å². The van der Waals surface area contributed by atoms with Gasteiger partial charge in [-0.1, -0.05) is 11.6 Å². The van der Waals surface area contributed by atoms with Crippen LogP contribution >= 0.6 is 11.6 Å². The molecule has 0 aromatic carbocycles. The molecule has 126 valence electrons. The average molecular weight is 342 g/mol. The van der Waals surface area contributed by atoms with Gasteiger partial charge in [-0.15, -0.1) is 0 Å². The lowest BCUT2D eigenvalue weighted by molar-refractivity contribution is -0.184. The van der Waals surface area contributed by atoms with Crippen LogP contribution in [0.4, 0.5) is 0 Å². The lowest BCUT2D eigenvalue weighted by Crippen LogP contribution is -2.50. The zero-order valence-corrected chi connectivity index (χ0v) is 13.6. The van der Waals surface area contributed by atoms with Crippen LogP contribution in [0.2, 0.25) is 5.15 Å². The Morgan fingerprint density at radius 2 is 2.13 bits per heavy atom. The summed E-state index contributed by atoms with van der Waals surface area (Å²) in [6.07, 6.45) is 2.06. The van der Waals surface area contributed by atoms with Crippen molar-refractivity contribution in [2.24, 2.45) is 0 Å². The summed E-state index contributed by atoms with van der Waals surface area (Å²) in [5.41, 5.74) is 0.648. The normalized spacial score (nSPS) is 28.4. The van der Waals surface area contributed by atoms with E-state index < -0.39 is 11.2 Å². The van der Waals surface area contributed by atoms with Crippen molar-refractivity contribution in [2.75, 3.05) is 39.6 Å². The van der Waals surface area contributed by atoms with Gasteiger partial charge in [0.05, 0.1) is 38.7 Å². The van der Waals surface area contributed by atoms with E-state index in [1.54, 1.807) is 6.07 Å². The molecule has 6 nitrogen and oxygen atoms in total. The van der Waals surface area contributed by atoms with Crippen molar-refractivity contribution in [3.05, 3.63) is 22.5 Å². The van der Waals surface area contributed by atoms with Gasteiger partial charge in [-0.2, -0.15) is 0 Å². The number of rotatable bonds is 4. The summed E-state index contributed by atoms with van der Waals surface area (Å²) in [7, 11) is 0. The highest BCUT2D eigenvalue weighted by atomic mass is 35.5. The van der Waals surface area contributed by atoms with Crippen LogP contribution in [-0.4, -0.2) is 55.3 Å². The lowest BCUT2D eigenvalue weighted by atomic mass is 9.90. The molecular weight excluding hydrogens is 322 g/mol. The second-order valence-electron chi connectivity index (χ2n) is 6.48. The highest BCUT2D eigenvalue weighted by Crippen LogP contribution is 2.42. The standard InChI is InChI=1S/C16H20ClNO5/c17-13-7-12(22-6-2-15(19)8-21-9-15)11-1-4-23-16(14(11)18-13)3-5-20-10-16/h7,19H,1-6,8-10H2. The maximum atomic E-state index is 10.1. The van der Waals surface area contributed by atoms with Gasteiger partial charge in [-0.3, -0.25) is 0 Å². The van der Waals surface area contributed by atoms with Gasteiger partial charge in [0.2, 0.25) is 0 Å². The molecule has 4 heterocycles. The maximum absolute atomic E-state index is 10.1. The number of ether oxygens (including phenoxy) is 4. The van der Waals surface area contributed by atoms with Crippen LogP contribution in [0, 0.1) is 0 Å². The van der Waals surface area contributed by atoms with Crippen molar-refractivity contribution in [2.45, 2.75) is 30.5 Å². The average Bonchev–Trinajstić information content (AvgIpc) is 2.96. The van der Waals surface area contributed by atoms with Gasteiger partial charge in [0, 0.05) is 37.5 Å². The fourth-order valence-corrected chi connectivity index (χ4v) is 3.55. The smallest absolute Gasteiger partial charge is 0.136 e. The summed E-state index contributed by atoms with van der Waals surface area (Å²) in [6, 6.07) is 1.75. The number of aliphatic hydroxyl groups is 1. The second kappa shape index (κ2) is 5.86. The monoisotopic (exact) mass is 341 g/mol. The molecule has 1 atom stereocenters. The van der Waals surface area contributed by atoms with Crippen LogP contribution in [0.1, 0.15) is 24.1 Å². The number of hydrogen-bond donors (Lipinski definition) is 1. The molecule has 1 aromatic heterocycles. The van der Waals surface area contributed by atoms with Gasteiger partial charge >= 0.3 is 0 Å². The third-order valence-corrected chi connectivity index (χ3v) is 4.96. The molecule has 23 heavy (non-hydrogen) atoms. The molecule has 4 rings (SSSR count). The zero-order valence-electron chi connectivity index (χ0n) is 12.8. The summed E-state index contributed by atoms with van der Waals surface area (Å²) in [4.78, 5) is 4.50. The summed E-state index contributed by atoms with van der Waals surface area (Å²) in [6.45, 7) is 2.95. The van der Waals surface area contributed by atoms with Gasteiger partial charge in [0.25, 0.3) is 0 Å². The number of fused-ring (bicyclic) bond motifs is 2. The molecule has 0 aliphatic carbocycles. The molecule has 2 saturated heterocycles. The van der Waals surface area contributed by atoms with Crippen LogP contribution in [0.5, 0.6) is 5.75 Å². The van der Waals surface area contributed by atoms with E-state index in [4.69, 9.17) is 30.5 Å². The van der Waals surface area contributed by atoms with Crippen LogP contribution < -0.4 is 4.74 Å². The number of nitrogens with zero attached hydrogens (tertiary/aromatic N) is 1. The molecule has 1 spiro atoms. The van der Waals surface area contributed by atoms with E-state index in [9.17, 15) is 5.11 Å². The molecule has 3 aliphatic heterocycles. The maximum Gasteiger partial charge on any atom is 0.136 e. The van der Waals surface area contributed by atoms with E-state index in [2.05, 4.69) is 4.98 Å². The van der Waals surface area contributed by atoms with Crippen molar-refractivity contribution >= 4 is 11.6 Å². The zero-order chi connectivity index (χ0) is 15.9. The quantitative estimate of drug-likeness (QED) is 0.836. The molecule has 1 unspecified atom stereocenters. The van der Waals surface area contributed by atoms with Crippen LogP contribution in [-0.2, 0) is 26.2 Å². The summed E-state index contributed by atoms with van der Waals surface area (Å²) in [5, 5.41) is 10.5. The first-order valence-electron chi connectivity index (χ1n) is 7.95. The van der Waals surface area contributed by atoms with Crippen LogP contribution in [0.15, 0.2) is 6.07 Å². The minimum Gasteiger partial charge on any atom is -0.493 e. The first kappa shape index (κ1) is 15.6. The Balaban J connectivity index is 1.56. The fourth-order valence-electron chi connectivity index (χ4n) is 3.36. The van der Waals surface area contributed by atoms with Crippen molar-refractivity contribution in [3.63, 3.8) is 0 Å². The topological polar surface area (TPSA) is 70.0 Å². The highest BCUT2D eigenvalue weighted by Gasteiger charge is 2.44. The van der Waals surface area contributed by atoms with E-state index in [0.29, 0.717) is 51.2 Å². The Hall–Kier alpha value is -0.920. The third kappa shape index (κ3) is 2.83. The van der Waals surface area contributed by atoms with Crippen LogP contribution in [0.3, 0.4) is 0 Å². The number of halogens is 1. The first-order chi connectivity index (χ1) is 11.1. The van der Waals surface area contributed by atoms with Gasteiger partial charge in [0.1, 0.15) is 22.1 Å². The molecule has 1 aromatic rings. The molecule has 0 amide bonds. The van der Waals surface area contributed by atoms with Crippen molar-refractivity contribution < 1.29 is 24.1 Å². The summed E-state index contributed by atoms with van der Waals surface area (Å²) in [5.74, 6) is 0.735. The number of pyridine rings is 1. The van der Waals surface area contributed by atoms with Gasteiger partial charge < -0.3 is 24.1 Å². The third-order valence-electron chi connectivity index (χ3n) is 4.77. The summed E-state index contributed by atoms with van der Waals surface area (Å²) >= 11 is 6.19. The Morgan fingerprint density at radius 1 is 1.26 bits per heavy atom. The molecule has 2 fully saturated rings. The molecule has 0 radical (unpaired) electrons.